The summed E-state index contributed by atoms with van der Waals surface area (Å²) >= 11 is 0. The Kier molecular flexibility index (Phi) is 4.94. The molecule has 1 aromatic carbocycles. The van der Waals surface area contributed by atoms with E-state index in [-0.39, 0.29) is 6.09 Å². The molecule has 1 aromatic rings. The highest BCUT2D eigenvalue weighted by atomic mass is 16.5. The molecular weight excluding hydrogens is 294 g/mol. The van der Waals surface area contributed by atoms with Gasteiger partial charge in [-0.3, -0.25) is 0 Å². The number of likely N-dealkylation sites (tertiary alicyclic amines) is 1. The van der Waals surface area contributed by atoms with Gasteiger partial charge in [-0.2, -0.15) is 0 Å². The minimum Gasteiger partial charge on any atom is -0.493 e. The van der Waals surface area contributed by atoms with Gasteiger partial charge in [-0.25, -0.2) is 4.79 Å². The molecule has 0 bridgehead atoms. The van der Waals surface area contributed by atoms with Crippen molar-refractivity contribution < 1.29 is 19.0 Å². The van der Waals surface area contributed by atoms with Gasteiger partial charge in [0.1, 0.15) is 0 Å². The molecule has 1 saturated carbocycles. The number of carbonyl (C=O) groups excluding carboxylic acids is 1. The van der Waals surface area contributed by atoms with E-state index in [1.165, 1.54) is 25.5 Å². The lowest BCUT2D eigenvalue weighted by Gasteiger charge is -2.19. The van der Waals surface area contributed by atoms with Crippen LogP contribution in [0.5, 0.6) is 11.5 Å². The van der Waals surface area contributed by atoms with Gasteiger partial charge in [0.15, 0.2) is 11.5 Å². The van der Waals surface area contributed by atoms with E-state index in [1.54, 1.807) is 12.0 Å². The molecule has 0 radical (unpaired) electrons. The maximum atomic E-state index is 11.6. The number of amides is 1. The molecule has 23 heavy (non-hydrogen) atoms. The summed E-state index contributed by atoms with van der Waals surface area (Å²) in [4.78, 5) is 13.4. The lowest BCUT2D eigenvalue weighted by atomic mass is 9.98. The second kappa shape index (κ2) is 7.11. The second-order valence-electron chi connectivity index (χ2n) is 6.34. The lowest BCUT2D eigenvalue weighted by Crippen LogP contribution is -2.28. The third kappa shape index (κ3) is 3.54. The predicted octanol–water partition coefficient (Wildman–Crippen LogP) is 3.57. The summed E-state index contributed by atoms with van der Waals surface area (Å²) in [5, 5.41) is 0. The maximum absolute atomic E-state index is 11.6. The standard InChI is InChI=1S/C18H25NO4/c1-21-16-8-7-13(11-17(16)23-15-5-3-4-6-15)14-9-10-19(12-14)18(20)22-2/h7-8,11,14-15H,3-6,9-10,12H2,1-2H3/t14-/m1/s1. The fraction of sp³-hybridized carbons (Fsp3) is 0.611. The third-order valence-electron chi connectivity index (χ3n) is 4.88. The summed E-state index contributed by atoms with van der Waals surface area (Å²) in [6.45, 7) is 1.43. The van der Waals surface area contributed by atoms with E-state index in [0.29, 0.717) is 18.6 Å². The average molecular weight is 319 g/mol. The number of ether oxygens (including phenoxy) is 3. The van der Waals surface area contributed by atoms with Gasteiger partial charge >= 0.3 is 6.09 Å². The fourth-order valence-electron chi connectivity index (χ4n) is 3.55. The van der Waals surface area contributed by atoms with Gasteiger partial charge < -0.3 is 19.1 Å². The van der Waals surface area contributed by atoms with Crippen molar-refractivity contribution in [2.24, 2.45) is 0 Å². The minimum atomic E-state index is -0.247. The molecule has 1 amide bonds. The zero-order chi connectivity index (χ0) is 16.2. The number of methoxy groups -OCH3 is 2. The van der Waals surface area contributed by atoms with Gasteiger partial charge in [0.05, 0.1) is 20.3 Å². The molecule has 0 unspecified atom stereocenters. The van der Waals surface area contributed by atoms with E-state index < -0.39 is 0 Å². The Morgan fingerprint density at radius 3 is 2.61 bits per heavy atom. The summed E-state index contributed by atoms with van der Waals surface area (Å²) < 4.78 is 16.4. The van der Waals surface area contributed by atoms with E-state index >= 15 is 0 Å². The summed E-state index contributed by atoms with van der Waals surface area (Å²) in [7, 11) is 3.10. The molecule has 5 nitrogen and oxygen atoms in total. The van der Waals surface area contributed by atoms with Gasteiger partial charge in [0.25, 0.3) is 0 Å². The molecule has 5 heteroatoms. The Bertz CT molecular complexity index is 554. The molecule has 3 rings (SSSR count). The van der Waals surface area contributed by atoms with Gasteiger partial charge in [-0.05, 0) is 49.8 Å². The van der Waals surface area contributed by atoms with E-state index in [9.17, 15) is 4.79 Å². The van der Waals surface area contributed by atoms with Crippen molar-refractivity contribution in [3.63, 3.8) is 0 Å². The van der Waals surface area contributed by atoms with Crippen LogP contribution in [0.4, 0.5) is 4.79 Å². The normalized spacial score (nSPS) is 21.5. The molecule has 0 aromatic heterocycles. The highest BCUT2D eigenvalue weighted by Crippen LogP contribution is 2.36. The number of hydrogen-bond acceptors (Lipinski definition) is 4. The molecule has 1 atom stereocenters. The Balaban J connectivity index is 1.74. The Labute approximate surface area is 137 Å². The zero-order valence-corrected chi connectivity index (χ0v) is 13.9. The quantitative estimate of drug-likeness (QED) is 0.851. The molecule has 1 heterocycles. The molecule has 1 saturated heterocycles. The first kappa shape index (κ1) is 16.0. The van der Waals surface area contributed by atoms with E-state index in [2.05, 4.69) is 12.1 Å². The van der Waals surface area contributed by atoms with E-state index in [1.807, 2.05) is 6.07 Å². The summed E-state index contributed by atoms with van der Waals surface area (Å²) in [5.74, 6) is 1.93. The Hall–Kier alpha value is -1.91. The number of rotatable bonds is 4. The molecule has 126 valence electrons. The lowest BCUT2D eigenvalue weighted by molar-refractivity contribution is 0.132. The monoisotopic (exact) mass is 319 g/mol. The molecule has 0 spiro atoms. The first-order valence-electron chi connectivity index (χ1n) is 8.38. The summed E-state index contributed by atoms with van der Waals surface area (Å²) in [6, 6.07) is 6.13. The van der Waals surface area contributed by atoms with Gasteiger partial charge in [-0.15, -0.1) is 0 Å². The van der Waals surface area contributed by atoms with Crippen LogP contribution in [0.3, 0.4) is 0 Å². The number of nitrogens with zero attached hydrogens (tertiary/aromatic N) is 1. The van der Waals surface area contributed by atoms with Crippen LogP contribution in [0.15, 0.2) is 18.2 Å². The van der Waals surface area contributed by atoms with Crippen molar-refractivity contribution in [2.45, 2.75) is 44.1 Å². The van der Waals surface area contributed by atoms with Crippen molar-refractivity contribution in [3.05, 3.63) is 23.8 Å². The van der Waals surface area contributed by atoms with Crippen LogP contribution in [-0.4, -0.2) is 44.4 Å². The van der Waals surface area contributed by atoms with Crippen LogP contribution >= 0.6 is 0 Å². The number of hydrogen-bond donors (Lipinski definition) is 0. The van der Waals surface area contributed by atoms with Crippen LogP contribution in [0.2, 0.25) is 0 Å². The first-order valence-corrected chi connectivity index (χ1v) is 8.38. The van der Waals surface area contributed by atoms with Gasteiger partial charge in [-0.1, -0.05) is 6.07 Å². The van der Waals surface area contributed by atoms with Crippen molar-refractivity contribution >= 4 is 6.09 Å². The number of benzene rings is 1. The second-order valence-corrected chi connectivity index (χ2v) is 6.34. The van der Waals surface area contributed by atoms with E-state index in [4.69, 9.17) is 14.2 Å². The molecule has 2 fully saturated rings. The predicted molar refractivity (Wildman–Crippen MR) is 87.2 cm³/mol. The average Bonchev–Trinajstić information content (AvgIpc) is 3.25. The molecule has 1 aliphatic heterocycles. The first-order chi connectivity index (χ1) is 11.2. The van der Waals surface area contributed by atoms with Crippen molar-refractivity contribution in [3.8, 4) is 11.5 Å². The Morgan fingerprint density at radius 2 is 1.91 bits per heavy atom. The van der Waals surface area contributed by atoms with Crippen LogP contribution in [0.1, 0.15) is 43.6 Å². The summed E-state index contributed by atoms with van der Waals surface area (Å²) in [6.07, 6.45) is 5.72. The molecule has 2 aliphatic rings. The van der Waals surface area contributed by atoms with Crippen LogP contribution in [-0.2, 0) is 4.74 Å². The van der Waals surface area contributed by atoms with Crippen LogP contribution in [0.25, 0.3) is 0 Å². The van der Waals surface area contributed by atoms with Gasteiger partial charge in [0.2, 0.25) is 0 Å². The third-order valence-corrected chi connectivity index (χ3v) is 4.88. The molecule has 0 N–H and O–H groups in total. The van der Waals surface area contributed by atoms with E-state index in [0.717, 1.165) is 37.3 Å². The maximum Gasteiger partial charge on any atom is 0.409 e. The smallest absolute Gasteiger partial charge is 0.409 e. The fourth-order valence-corrected chi connectivity index (χ4v) is 3.55. The van der Waals surface area contributed by atoms with Crippen LogP contribution < -0.4 is 9.47 Å². The largest absolute Gasteiger partial charge is 0.493 e. The highest BCUT2D eigenvalue weighted by molar-refractivity contribution is 5.68. The number of carbonyl (C=O) groups is 1. The molecular formula is C18H25NO4. The zero-order valence-electron chi connectivity index (χ0n) is 13.9. The Morgan fingerprint density at radius 1 is 1.13 bits per heavy atom. The molecule has 1 aliphatic carbocycles. The van der Waals surface area contributed by atoms with Crippen LogP contribution in [0, 0.1) is 0 Å². The topological polar surface area (TPSA) is 48.0 Å². The van der Waals surface area contributed by atoms with Crippen molar-refractivity contribution in [1.82, 2.24) is 4.90 Å². The SMILES string of the molecule is COC(=O)N1CC[C@@H](c2ccc(OC)c(OC3CCCC3)c2)C1. The van der Waals surface area contributed by atoms with Gasteiger partial charge in [0, 0.05) is 19.0 Å². The highest BCUT2D eigenvalue weighted by Gasteiger charge is 2.28. The van der Waals surface area contributed by atoms with Crippen molar-refractivity contribution in [2.75, 3.05) is 27.3 Å². The summed E-state index contributed by atoms with van der Waals surface area (Å²) in [5.41, 5.74) is 1.20. The minimum absolute atomic E-state index is 0.247. The van der Waals surface area contributed by atoms with Crippen molar-refractivity contribution in [1.29, 1.82) is 0 Å².